The summed E-state index contributed by atoms with van der Waals surface area (Å²) in [4.78, 5) is 37.1. The van der Waals surface area contributed by atoms with Gasteiger partial charge in [0, 0.05) is 19.3 Å². The number of carbonyl (C=O) groups is 3. The third-order valence-corrected chi connectivity index (χ3v) is 12.5. The lowest BCUT2D eigenvalue weighted by Crippen LogP contribution is -2.55. The lowest BCUT2D eigenvalue weighted by Gasteiger charge is -2.34. The molecule has 0 aliphatic carbocycles. The monoisotopic (exact) mass is 916 g/mol. The molecule has 2 atom stereocenters. The molecule has 0 aromatic heterocycles. The molecule has 0 saturated heterocycles. The van der Waals surface area contributed by atoms with Crippen molar-refractivity contribution in [3.63, 3.8) is 0 Å². The van der Waals surface area contributed by atoms with E-state index in [4.69, 9.17) is 14.2 Å². The van der Waals surface area contributed by atoms with E-state index in [9.17, 15) is 19.5 Å². The van der Waals surface area contributed by atoms with Crippen LogP contribution in [0.5, 0.6) is 0 Å². The van der Waals surface area contributed by atoms with Gasteiger partial charge in [-0.05, 0) is 64.2 Å². The van der Waals surface area contributed by atoms with Crippen molar-refractivity contribution in [2.24, 2.45) is 0 Å². The van der Waals surface area contributed by atoms with Crippen LogP contribution in [0.3, 0.4) is 0 Å². The van der Waals surface area contributed by atoms with Crippen molar-refractivity contribution in [3.05, 3.63) is 36.5 Å². The zero-order valence-corrected chi connectivity index (χ0v) is 43.4. The number of hydrogen-bond acceptors (Lipinski definition) is 7. The van der Waals surface area contributed by atoms with Crippen LogP contribution in [-0.2, 0) is 28.6 Å². The van der Waals surface area contributed by atoms with Crippen LogP contribution < -0.4 is 5.11 Å². The quantitative estimate of drug-likeness (QED) is 0.0259. The zero-order valence-electron chi connectivity index (χ0n) is 43.4. The molecule has 8 nitrogen and oxygen atoms in total. The van der Waals surface area contributed by atoms with Crippen LogP contribution in [0.4, 0.5) is 0 Å². The largest absolute Gasteiger partial charge is 0.544 e. The molecule has 0 rings (SSSR count). The third-order valence-electron chi connectivity index (χ3n) is 12.5. The van der Waals surface area contributed by atoms with E-state index >= 15 is 0 Å². The number of aliphatic carboxylic acids is 1. The number of quaternary nitrogens is 1. The minimum absolute atomic E-state index is 0.0418. The van der Waals surface area contributed by atoms with Gasteiger partial charge in [0.1, 0.15) is 12.6 Å². The lowest BCUT2D eigenvalue weighted by atomic mass is 10.0. The topological polar surface area (TPSA) is 102 Å². The molecule has 0 spiro atoms. The second-order valence-corrected chi connectivity index (χ2v) is 19.8. The standard InChI is InChI=1S/C57H105NO7/c1-6-8-10-12-14-16-18-20-22-24-26-28-30-31-33-35-37-39-41-43-45-47-55(59)64-52-53(51-63-50-49-54(57(61)62)58(3,4)5)65-56(60)48-46-44-42-40-38-36-34-32-29-27-25-23-21-19-17-15-13-11-9-7-2/h8,10,14,16,27,29,53-54H,6-7,9,11-13,15,17-26,28,30-52H2,1-5H3/b10-8+,16-14+,29-27+. The highest BCUT2D eigenvalue weighted by atomic mass is 16.6. The number of carbonyl (C=O) groups excluding carboxylic acids is 3. The maximum absolute atomic E-state index is 12.8. The SMILES string of the molecule is CC/C=C/C/C=C/CCCCCCCCCCCCCCCCC(=O)OCC(COCCC(C(=O)[O-])[N+](C)(C)C)OC(=O)CCCCCCCCC/C=C/CCCCCCCCCCC. The number of carboxylic acids is 1. The molecule has 0 aromatic carbocycles. The van der Waals surface area contributed by atoms with Crippen molar-refractivity contribution in [1.29, 1.82) is 0 Å². The molecular weight excluding hydrogens is 811 g/mol. The van der Waals surface area contributed by atoms with Gasteiger partial charge >= 0.3 is 11.9 Å². The molecule has 0 N–H and O–H groups in total. The molecule has 0 saturated carbocycles. The number of hydrogen-bond donors (Lipinski definition) is 0. The second-order valence-electron chi connectivity index (χ2n) is 19.8. The average Bonchev–Trinajstić information content (AvgIpc) is 3.27. The van der Waals surface area contributed by atoms with Crippen molar-refractivity contribution in [2.75, 3.05) is 41.0 Å². The van der Waals surface area contributed by atoms with E-state index in [0.29, 0.717) is 12.8 Å². The van der Waals surface area contributed by atoms with Gasteiger partial charge in [-0.2, -0.15) is 0 Å². The van der Waals surface area contributed by atoms with Crippen molar-refractivity contribution in [2.45, 2.75) is 270 Å². The smallest absolute Gasteiger partial charge is 0.306 e. The van der Waals surface area contributed by atoms with Crippen molar-refractivity contribution in [3.8, 4) is 0 Å². The molecule has 0 fully saturated rings. The Hall–Kier alpha value is -2.45. The molecule has 380 valence electrons. The number of carboxylic acid groups (broad SMARTS) is 1. The van der Waals surface area contributed by atoms with Gasteiger partial charge in [-0.25, -0.2) is 0 Å². The molecule has 0 aliphatic heterocycles. The molecule has 8 heteroatoms. The zero-order chi connectivity index (χ0) is 47.7. The number of esters is 2. The third kappa shape index (κ3) is 46.4. The van der Waals surface area contributed by atoms with E-state index in [1.165, 1.54) is 173 Å². The Morgan fingerprint density at radius 1 is 0.477 bits per heavy atom. The summed E-state index contributed by atoms with van der Waals surface area (Å²) in [5, 5.41) is 11.7. The summed E-state index contributed by atoms with van der Waals surface area (Å²) in [5.74, 6) is -1.73. The molecule has 65 heavy (non-hydrogen) atoms. The number of likely N-dealkylation sites (N-methyl/N-ethyl adjacent to an activating group) is 1. The Morgan fingerprint density at radius 2 is 0.862 bits per heavy atom. The highest BCUT2D eigenvalue weighted by Crippen LogP contribution is 2.16. The van der Waals surface area contributed by atoms with Crippen LogP contribution in [0.1, 0.15) is 258 Å². The highest BCUT2D eigenvalue weighted by Gasteiger charge is 2.25. The number of ether oxygens (including phenoxy) is 3. The van der Waals surface area contributed by atoms with Gasteiger partial charge in [-0.1, -0.05) is 211 Å². The van der Waals surface area contributed by atoms with Crippen molar-refractivity contribution >= 4 is 17.9 Å². The first kappa shape index (κ1) is 62.5. The normalized spacial score (nSPS) is 13.1. The van der Waals surface area contributed by atoms with Gasteiger partial charge in [0.05, 0.1) is 40.3 Å². The Labute approximate surface area is 402 Å². The minimum atomic E-state index is -1.12. The van der Waals surface area contributed by atoms with Crippen LogP contribution in [-0.4, -0.2) is 75.5 Å². The van der Waals surface area contributed by atoms with Crippen LogP contribution in [0.25, 0.3) is 0 Å². The summed E-state index contributed by atoms with van der Waals surface area (Å²) < 4.78 is 17.3. The Balaban J connectivity index is 4.18. The fourth-order valence-corrected chi connectivity index (χ4v) is 8.28. The first-order valence-corrected chi connectivity index (χ1v) is 27.5. The van der Waals surface area contributed by atoms with Crippen LogP contribution >= 0.6 is 0 Å². The maximum Gasteiger partial charge on any atom is 0.306 e. The summed E-state index contributed by atoms with van der Waals surface area (Å²) in [6.45, 7) is 4.60. The van der Waals surface area contributed by atoms with E-state index in [1.54, 1.807) is 0 Å². The molecule has 0 aromatic rings. The number of nitrogens with zero attached hydrogens (tertiary/aromatic N) is 1. The number of allylic oxidation sites excluding steroid dienone is 6. The Morgan fingerprint density at radius 3 is 1.28 bits per heavy atom. The summed E-state index contributed by atoms with van der Waals surface area (Å²) in [7, 11) is 5.43. The molecular formula is C57H105NO7. The first-order valence-electron chi connectivity index (χ1n) is 27.5. The van der Waals surface area contributed by atoms with Gasteiger partial charge < -0.3 is 28.6 Å². The summed E-state index contributed by atoms with van der Waals surface area (Å²) in [5.41, 5.74) is 0. The first-order chi connectivity index (χ1) is 31.6. The van der Waals surface area contributed by atoms with Crippen LogP contribution in [0.2, 0.25) is 0 Å². The lowest BCUT2D eigenvalue weighted by molar-refractivity contribution is -0.889. The van der Waals surface area contributed by atoms with Gasteiger partial charge in [0.25, 0.3) is 0 Å². The van der Waals surface area contributed by atoms with E-state index in [2.05, 4.69) is 50.3 Å². The summed E-state index contributed by atoms with van der Waals surface area (Å²) in [6, 6.07) is -0.726. The van der Waals surface area contributed by atoms with Crippen LogP contribution in [0, 0.1) is 0 Å². The second kappa shape index (κ2) is 48.0. The summed E-state index contributed by atoms with van der Waals surface area (Å²) >= 11 is 0. The van der Waals surface area contributed by atoms with E-state index in [1.807, 2.05) is 21.1 Å². The predicted molar refractivity (Wildman–Crippen MR) is 273 cm³/mol. The molecule has 0 aliphatic rings. The fourth-order valence-electron chi connectivity index (χ4n) is 8.28. The van der Waals surface area contributed by atoms with Crippen LogP contribution in [0.15, 0.2) is 36.5 Å². The van der Waals surface area contributed by atoms with Gasteiger partial charge in [-0.3, -0.25) is 9.59 Å². The number of unbranched alkanes of at least 4 members (excludes halogenated alkanes) is 30. The molecule has 0 radical (unpaired) electrons. The van der Waals surface area contributed by atoms with Crippen molar-refractivity contribution < 1.29 is 38.2 Å². The Kier molecular flexibility index (Phi) is 46.2. The van der Waals surface area contributed by atoms with E-state index in [-0.39, 0.29) is 42.7 Å². The van der Waals surface area contributed by atoms with E-state index < -0.39 is 18.1 Å². The average molecular weight is 916 g/mol. The maximum atomic E-state index is 12.8. The number of rotatable bonds is 50. The predicted octanol–water partition coefficient (Wildman–Crippen LogP) is 14.8. The minimum Gasteiger partial charge on any atom is -0.544 e. The molecule has 2 unspecified atom stereocenters. The van der Waals surface area contributed by atoms with Crippen molar-refractivity contribution in [1.82, 2.24) is 0 Å². The highest BCUT2D eigenvalue weighted by molar-refractivity contribution is 5.70. The Bertz CT molecular complexity index is 1160. The molecule has 0 heterocycles. The fraction of sp³-hybridized carbons (Fsp3) is 0.842. The summed E-state index contributed by atoms with van der Waals surface area (Å²) in [6.07, 6.45) is 57.5. The molecule has 0 bridgehead atoms. The van der Waals surface area contributed by atoms with Gasteiger partial charge in [-0.15, -0.1) is 0 Å². The van der Waals surface area contributed by atoms with Gasteiger partial charge in [0.2, 0.25) is 0 Å². The van der Waals surface area contributed by atoms with E-state index in [0.717, 1.165) is 51.4 Å². The van der Waals surface area contributed by atoms with Gasteiger partial charge in [0.15, 0.2) is 6.10 Å². The molecule has 0 amide bonds.